The number of benzene rings is 2. The van der Waals surface area contributed by atoms with Gasteiger partial charge in [0.2, 0.25) is 0 Å². The highest BCUT2D eigenvalue weighted by atomic mass is 127. The molecule has 2 aromatic carbocycles. The lowest BCUT2D eigenvalue weighted by atomic mass is 10.1. The third-order valence-corrected chi connectivity index (χ3v) is 3.49. The first kappa shape index (κ1) is 13.2. The second-order valence-corrected chi connectivity index (χ2v) is 5.51. The summed E-state index contributed by atoms with van der Waals surface area (Å²) in [6.45, 7) is 2.19. The zero-order valence-electron chi connectivity index (χ0n) is 10.4. The second-order valence-electron chi connectivity index (χ2n) is 4.26. The molecule has 0 aliphatic rings. The molecule has 0 atom stereocenters. The summed E-state index contributed by atoms with van der Waals surface area (Å²) in [6, 6.07) is 14.4. The molecule has 3 heteroatoms. The first-order chi connectivity index (χ1) is 8.70. The summed E-state index contributed by atoms with van der Waals surface area (Å²) >= 11 is 2.27. The van der Waals surface area contributed by atoms with Crippen molar-refractivity contribution in [2.75, 3.05) is 11.1 Å². The SMILES string of the molecule is CCCc1ccccc1Nc1ccc(I)cc1N. The highest BCUT2D eigenvalue weighted by Gasteiger charge is 2.04. The van der Waals surface area contributed by atoms with Gasteiger partial charge in [-0.2, -0.15) is 0 Å². The van der Waals surface area contributed by atoms with E-state index in [4.69, 9.17) is 5.73 Å². The number of halogens is 1. The molecule has 0 spiro atoms. The Balaban J connectivity index is 2.28. The average molecular weight is 352 g/mol. The zero-order chi connectivity index (χ0) is 13.0. The Morgan fingerprint density at radius 1 is 1.11 bits per heavy atom. The van der Waals surface area contributed by atoms with Crippen LogP contribution in [0.25, 0.3) is 0 Å². The molecule has 0 aromatic heterocycles. The van der Waals surface area contributed by atoms with Gasteiger partial charge in [0.15, 0.2) is 0 Å². The first-order valence-corrected chi connectivity index (χ1v) is 7.18. The molecule has 94 valence electrons. The summed E-state index contributed by atoms with van der Waals surface area (Å²) in [6.07, 6.45) is 2.22. The molecule has 3 N–H and O–H groups in total. The number of nitrogens with two attached hydrogens (primary N) is 1. The van der Waals surface area contributed by atoms with Crippen molar-refractivity contribution < 1.29 is 0 Å². The first-order valence-electron chi connectivity index (χ1n) is 6.10. The Morgan fingerprint density at radius 2 is 1.89 bits per heavy atom. The van der Waals surface area contributed by atoms with Crippen LogP contribution in [0.1, 0.15) is 18.9 Å². The molecule has 0 saturated heterocycles. The molecule has 0 amide bonds. The second kappa shape index (κ2) is 6.09. The maximum absolute atomic E-state index is 6.03. The summed E-state index contributed by atoms with van der Waals surface area (Å²) in [5.74, 6) is 0. The van der Waals surface area contributed by atoms with E-state index in [1.165, 1.54) is 5.56 Å². The molecule has 0 heterocycles. The average Bonchev–Trinajstić information content (AvgIpc) is 2.35. The standard InChI is InChI=1S/C15H17IN2/c1-2-5-11-6-3-4-7-14(11)18-15-9-8-12(16)10-13(15)17/h3-4,6-10,18H,2,5,17H2,1H3. The maximum Gasteiger partial charge on any atom is 0.0618 e. The monoisotopic (exact) mass is 352 g/mol. The van der Waals surface area contributed by atoms with Gasteiger partial charge in [-0.15, -0.1) is 0 Å². The predicted molar refractivity (Wildman–Crippen MR) is 87.3 cm³/mol. The Bertz CT molecular complexity index is 538. The van der Waals surface area contributed by atoms with Crippen LogP contribution in [0, 0.1) is 3.57 Å². The van der Waals surface area contributed by atoms with Crippen molar-refractivity contribution in [1.82, 2.24) is 0 Å². The van der Waals surface area contributed by atoms with Crippen molar-refractivity contribution >= 4 is 39.7 Å². The van der Waals surface area contributed by atoms with Crippen molar-refractivity contribution in [3.8, 4) is 0 Å². The van der Waals surface area contributed by atoms with Gasteiger partial charge in [-0.3, -0.25) is 0 Å². The number of rotatable bonds is 4. The van der Waals surface area contributed by atoms with Crippen molar-refractivity contribution in [2.45, 2.75) is 19.8 Å². The molecule has 2 rings (SSSR count). The van der Waals surface area contributed by atoms with Gasteiger partial charge in [0.05, 0.1) is 11.4 Å². The van der Waals surface area contributed by atoms with Gasteiger partial charge in [-0.1, -0.05) is 31.5 Å². The molecule has 0 aliphatic carbocycles. The fraction of sp³-hybridized carbons (Fsp3) is 0.200. The minimum atomic E-state index is 0.785. The molecule has 2 aromatic rings. The number of anilines is 3. The van der Waals surface area contributed by atoms with Crippen LogP contribution >= 0.6 is 22.6 Å². The number of para-hydroxylation sites is 1. The van der Waals surface area contributed by atoms with E-state index in [1.807, 2.05) is 18.2 Å². The van der Waals surface area contributed by atoms with Crippen LogP contribution in [0.2, 0.25) is 0 Å². The predicted octanol–water partition coefficient (Wildman–Crippen LogP) is 4.57. The van der Waals surface area contributed by atoms with Crippen LogP contribution in [0.3, 0.4) is 0 Å². The van der Waals surface area contributed by atoms with Gasteiger partial charge < -0.3 is 11.1 Å². The Labute approximate surface area is 122 Å². The Hall–Kier alpha value is -1.23. The topological polar surface area (TPSA) is 38.0 Å². The van der Waals surface area contributed by atoms with Crippen molar-refractivity contribution in [2.24, 2.45) is 0 Å². The maximum atomic E-state index is 6.03. The van der Waals surface area contributed by atoms with Crippen molar-refractivity contribution in [1.29, 1.82) is 0 Å². The minimum absolute atomic E-state index is 0.785. The van der Waals surface area contributed by atoms with E-state index < -0.39 is 0 Å². The summed E-state index contributed by atoms with van der Waals surface area (Å²) in [4.78, 5) is 0. The molecule has 0 bridgehead atoms. The van der Waals surface area contributed by atoms with Gasteiger partial charge in [-0.25, -0.2) is 0 Å². The fourth-order valence-corrected chi connectivity index (χ4v) is 2.44. The Kier molecular flexibility index (Phi) is 4.47. The van der Waals surface area contributed by atoms with Gasteiger partial charge in [0.25, 0.3) is 0 Å². The molecular formula is C15H17IN2. The molecule has 18 heavy (non-hydrogen) atoms. The molecule has 0 fully saturated rings. The molecule has 2 nitrogen and oxygen atoms in total. The van der Waals surface area contributed by atoms with Crippen LogP contribution in [0.4, 0.5) is 17.1 Å². The summed E-state index contributed by atoms with van der Waals surface area (Å²) < 4.78 is 1.15. The minimum Gasteiger partial charge on any atom is -0.397 e. The Morgan fingerprint density at radius 3 is 2.61 bits per heavy atom. The number of aryl methyl sites for hydroxylation is 1. The lowest BCUT2D eigenvalue weighted by Gasteiger charge is -2.13. The van der Waals surface area contributed by atoms with E-state index in [1.54, 1.807) is 0 Å². The lowest BCUT2D eigenvalue weighted by Crippen LogP contribution is -1.99. The number of hydrogen-bond donors (Lipinski definition) is 2. The molecule has 0 unspecified atom stereocenters. The summed E-state index contributed by atoms with van der Waals surface area (Å²) in [5.41, 5.74) is 10.3. The number of nitrogen functional groups attached to an aromatic ring is 1. The molecule has 0 aliphatic heterocycles. The zero-order valence-corrected chi connectivity index (χ0v) is 12.6. The highest BCUT2D eigenvalue weighted by Crippen LogP contribution is 2.27. The fourth-order valence-electron chi connectivity index (χ4n) is 1.92. The molecule has 0 saturated carbocycles. The van der Waals surface area contributed by atoms with Crippen molar-refractivity contribution in [3.05, 3.63) is 51.6 Å². The summed E-state index contributed by atoms with van der Waals surface area (Å²) in [7, 11) is 0. The van der Waals surface area contributed by atoms with E-state index >= 15 is 0 Å². The highest BCUT2D eigenvalue weighted by molar-refractivity contribution is 14.1. The molecular weight excluding hydrogens is 335 g/mol. The van der Waals surface area contributed by atoms with E-state index in [9.17, 15) is 0 Å². The smallest absolute Gasteiger partial charge is 0.0618 e. The third kappa shape index (κ3) is 3.16. The van der Waals surface area contributed by atoms with Crippen LogP contribution < -0.4 is 11.1 Å². The van der Waals surface area contributed by atoms with Crippen LogP contribution in [0.5, 0.6) is 0 Å². The van der Waals surface area contributed by atoms with E-state index in [2.05, 4.69) is 59.1 Å². The van der Waals surface area contributed by atoms with Gasteiger partial charge >= 0.3 is 0 Å². The van der Waals surface area contributed by atoms with Crippen LogP contribution in [-0.2, 0) is 6.42 Å². The lowest BCUT2D eigenvalue weighted by molar-refractivity contribution is 0.923. The van der Waals surface area contributed by atoms with E-state index in [0.29, 0.717) is 0 Å². The van der Waals surface area contributed by atoms with Crippen LogP contribution in [0.15, 0.2) is 42.5 Å². The van der Waals surface area contributed by atoms with E-state index in [0.717, 1.165) is 33.5 Å². The van der Waals surface area contributed by atoms with Crippen LogP contribution in [-0.4, -0.2) is 0 Å². The van der Waals surface area contributed by atoms with Gasteiger partial charge in [0.1, 0.15) is 0 Å². The quantitative estimate of drug-likeness (QED) is 0.625. The normalized spacial score (nSPS) is 10.3. The van der Waals surface area contributed by atoms with E-state index in [-0.39, 0.29) is 0 Å². The van der Waals surface area contributed by atoms with Gasteiger partial charge in [0, 0.05) is 9.26 Å². The molecule has 0 radical (unpaired) electrons. The largest absolute Gasteiger partial charge is 0.397 e. The number of hydrogen-bond acceptors (Lipinski definition) is 2. The summed E-state index contributed by atoms with van der Waals surface area (Å²) in [5, 5.41) is 3.42. The number of nitrogens with one attached hydrogen (secondary N) is 1. The third-order valence-electron chi connectivity index (χ3n) is 2.82. The van der Waals surface area contributed by atoms with Gasteiger partial charge in [-0.05, 0) is 58.8 Å². The van der Waals surface area contributed by atoms with Crippen molar-refractivity contribution in [3.63, 3.8) is 0 Å².